The van der Waals surface area contributed by atoms with E-state index in [2.05, 4.69) is 10.6 Å². The minimum atomic E-state index is -0.317. The van der Waals surface area contributed by atoms with Crippen molar-refractivity contribution in [2.75, 3.05) is 13.7 Å². The molecule has 1 atom stereocenters. The van der Waals surface area contributed by atoms with E-state index in [1.54, 1.807) is 21.0 Å². The number of benzene rings is 1. The molecule has 6 nitrogen and oxygen atoms in total. The van der Waals surface area contributed by atoms with Crippen LogP contribution in [0.2, 0.25) is 0 Å². The molecular formula is C17H26N2O4. The predicted octanol–water partition coefficient (Wildman–Crippen LogP) is 2.79. The fraction of sp³-hybridized carbons (Fsp3) is 0.529. The molecule has 2 N–H and O–H groups in total. The molecule has 0 saturated carbocycles. The number of carbonyl (C=O) groups excluding carboxylic acids is 2. The van der Waals surface area contributed by atoms with Gasteiger partial charge in [-0.2, -0.15) is 0 Å². The highest BCUT2D eigenvalue weighted by Crippen LogP contribution is 2.19. The normalized spacial score (nSPS) is 11.7. The minimum Gasteiger partial charge on any atom is -0.497 e. The summed E-state index contributed by atoms with van der Waals surface area (Å²) < 4.78 is 10.1. The van der Waals surface area contributed by atoms with Crippen LogP contribution in [0.1, 0.15) is 45.2 Å². The maximum Gasteiger partial charge on any atom is 0.315 e. The molecule has 1 rings (SSSR count). The molecule has 0 bridgehead atoms. The zero-order valence-electron chi connectivity index (χ0n) is 14.2. The number of carbonyl (C=O) groups is 2. The van der Waals surface area contributed by atoms with E-state index in [1.807, 2.05) is 31.2 Å². The smallest absolute Gasteiger partial charge is 0.315 e. The van der Waals surface area contributed by atoms with E-state index in [9.17, 15) is 9.59 Å². The first-order valence-corrected chi connectivity index (χ1v) is 7.84. The molecule has 6 heteroatoms. The van der Waals surface area contributed by atoms with Gasteiger partial charge in [0.25, 0.3) is 0 Å². The molecule has 0 fully saturated rings. The summed E-state index contributed by atoms with van der Waals surface area (Å²) in [5.41, 5.74) is 1.00. The molecule has 1 unspecified atom stereocenters. The van der Waals surface area contributed by atoms with Crippen molar-refractivity contribution in [3.8, 4) is 5.75 Å². The zero-order chi connectivity index (χ0) is 17.2. The SMILES string of the molecule is CCC(NC(=O)NCCC(=O)OC(C)C)c1ccc(OC)cc1. The quantitative estimate of drug-likeness (QED) is 0.722. The van der Waals surface area contributed by atoms with Gasteiger partial charge in [0.2, 0.25) is 0 Å². The maximum absolute atomic E-state index is 11.9. The first kappa shape index (κ1) is 18.8. The Morgan fingerprint density at radius 2 is 1.83 bits per heavy atom. The van der Waals surface area contributed by atoms with E-state index in [-0.39, 0.29) is 37.1 Å². The largest absolute Gasteiger partial charge is 0.497 e. The Kier molecular flexibility index (Phi) is 7.94. The van der Waals surface area contributed by atoms with Crippen molar-refractivity contribution in [1.29, 1.82) is 0 Å². The molecular weight excluding hydrogens is 296 g/mol. The topological polar surface area (TPSA) is 76.7 Å². The third-order valence-electron chi connectivity index (χ3n) is 3.21. The third-order valence-corrected chi connectivity index (χ3v) is 3.21. The second kappa shape index (κ2) is 9.71. The Morgan fingerprint density at radius 3 is 2.35 bits per heavy atom. The first-order valence-electron chi connectivity index (χ1n) is 7.84. The van der Waals surface area contributed by atoms with Gasteiger partial charge in [-0.3, -0.25) is 4.79 Å². The van der Waals surface area contributed by atoms with Gasteiger partial charge >= 0.3 is 12.0 Å². The van der Waals surface area contributed by atoms with Crippen LogP contribution in [0.15, 0.2) is 24.3 Å². The third kappa shape index (κ3) is 7.04. The van der Waals surface area contributed by atoms with E-state index < -0.39 is 0 Å². The fourth-order valence-electron chi connectivity index (χ4n) is 2.07. The van der Waals surface area contributed by atoms with E-state index in [0.29, 0.717) is 0 Å². The van der Waals surface area contributed by atoms with Crippen LogP contribution in [-0.2, 0) is 9.53 Å². The first-order chi connectivity index (χ1) is 11.0. The number of hydrogen-bond acceptors (Lipinski definition) is 4. The number of nitrogens with one attached hydrogen (secondary N) is 2. The summed E-state index contributed by atoms with van der Waals surface area (Å²) >= 11 is 0. The van der Waals surface area contributed by atoms with E-state index >= 15 is 0 Å². The summed E-state index contributed by atoms with van der Waals surface area (Å²) in [7, 11) is 1.61. The zero-order valence-corrected chi connectivity index (χ0v) is 14.2. The van der Waals surface area contributed by atoms with Gasteiger partial charge in [0.1, 0.15) is 5.75 Å². The van der Waals surface area contributed by atoms with Gasteiger partial charge in [0.05, 0.1) is 25.7 Å². The summed E-state index contributed by atoms with van der Waals surface area (Å²) in [6, 6.07) is 7.17. The lowest BCUT2D eigenvalue weighted by atomic mass is 10.0. The van der Waals surface area contributed by atoms with Crippen LogP contribution in [-0.4, -0.2) is 31.8 Å². The average Bonchev–Trinajstić information content (AvgIpc) is 2.52. The van der Waals surface area contributed by atoms with Gasteiger partial charge in [0, 0.05) is 6.54 Å². The molecule has 0 aromatic heterocycles. The lowest BCUT2D eigenvalue weighted by Gasteiger charge is -2.18. The number of amides is 2. The summed E-state index contributed by atoms with van der Waals surface area (Å²) in [4.78, 5) is 23.3. The molecule has 0 heterocycles. The Labute approximate surface area is 137 Å². The number of ether oxygens (including phenoxy) is 2. The second-order valence-electron chi connectivity index (χ2n) is 5.42. The highest BCUT2D eigenvalue weighted by Gasteiger charge is 2.13. The Balaban J connectivity index is 2.42. The molecule has 0 aliphatic heterocycles. The molecule has 0 spiro atoms. The summed E-state index contributed by atoms with van der Waals surface area (Å²) in [5, 5.41) is 5.56. The fourth-order valence-corrected chi connectivity index (χ4v) is 2.07. The number of hydrogen-bond donors (Lipinski definition) is 2. The summed E-state index contributed by atoms with van der Waals surface area (Å²) in [6.45, 7) is 5.82. The highest BCUT2D eigenvalue weighted by molar-refractivity contribution is 5.75. The van der Waals surface area contributed by atoms with Crippen molar-refractivity contribution in [1.82, 2.24) is 10.6 Å². The molecule has 0 radical (unpaired) electrons. The monoisotopic (exact) mass is 322 g/mol. The van der Waals surface area contributed by atoms with Crippen LogP contribution in [0, 0.1) is 0 Å². The van der Waals surface area contributed by atoms with Gasteiger partial charge in [-0.25, -0.2) is 4.79 Å². The van der Waals surface area contributed by atoms with E-state index in [0.717, 1.165) is 17.7 Å². The van der Waals surface area contributed by atoms with Crippen molar-refractivity contribution >= 4 is 12.0 Å². The minimum absolute atomic E-state index is 0.0940. The van der Waals surface area contributed by atoms with Crippen molar-refractivity contribution in [2.45, 2.75) is 45.8 Å². The maximum atomic E-state index is 11.9. The Hall–Kier alpha value is -2.24. The van der Waals surface area contributed by atoms with Crippen LogP contribution in [0.5, 0.6) is 5.75 Å². The second-order valence-corrected chi connectivity index (χ2v) is 5.42. The van der Waals surface area contributed by atoms with Crippen LogP contribution >= 0.6 is 0 Å². The number of esters is 1. The Bertz CT molecular complexity index is 500. The van der Waals surface area contributed by atoms with Gasteiger partial charge < -0.3 is 20.1 Å². The molecule has 2 amide bonds. The number of methoxy groups -OCH3 is 1. The Morgan fingerprint density at radius 1 is 1.17 bits per heavy atom. The molecule has 23 heavy (non-hydrogen) atoms. The predicted molar refractivity (Wildman–Crippen MR) is 88.4 cm³/mol. The van der Waals surface area contributed by atoms with Gasteiger partial charge in [-0.1, -0.05) is 19.1 Å². The lowest BCUT2D eigenvalue weighted by molar-refractivity contribution is -0.147. The van der Waals surface area contributed by atoms with Gasteiger partial charge in [0.15, 0.2) is 0 Å². The van der Waals surface area contributed by atoms with Crippen molar-refractivity contribution in [3.05, 3.63) is 29.8 Å². The molecule has 1 aromatic rings. The summed E-state index contributed by atoms with van der Waals surface area (Å²) in [5.74, 6) is 0.458. The highest BCUT2D eigenvalue weighted by atomic mass is 16.5. The average molecular weight is 322 g/mol. The van der Waals surface area contributed by atoms with Gasteiger partial charge in [-0.05, 0) is 38.0 Å². The number of rotatable bonds is 8. The van der Waals surface area contributed by atoms with Crippen molar-refractivity contribution < 1.29 is 19.1 Å². The van der Waals surface area contributed by atoms with Crippen LogP contribution in [0.3, 0.4) is 0 Å². The molecule has 1 aromatic carbocycles. The number of urea groups is 1. The van der Waals surface area contributed by atoms with Crippen LogP contribution in [0.25, 0.3) is 0 Å². The molecule has 0 aliphatic carbocycles. The standard InChI is InChI=1S/C17H26N2O4/c1-5-15(13-6-8-14(22-4)9-7-13)19-17(21)18-11-10-16(20)23-12(2)3/h6-9,12,15H,5,10-11H2,1-4H3,(H2,18,19,21). The van der Waals surface area contributed by atoms with Crippen molar-refractivity contribution in [2.24, 2.45) is 0 Å². The van der Waals surface area contributed by atoms with Crippen LogP contribution in [0.4, 0.5) is 4.79 Å². The van der Waals surface area contributed by atoms with E-state index in [1.165, 1.54) is 0 Å². The molecule has 0 saturated heterocycles. The van der Waals surface area contributed by atoms with Gasteiger partial charge in [-0.15, -0.1) is 0 Å². The summed E-state index contributed by atoms with van der Waals surface area (Å²) in [6.07, 6.45) is 0.774. The van der Waals surface area contributed by atoms with Crippen molar-refractivity contribution in [3.63, 3.8) is 0 Å². The lowest BCUT2D eigenvalue weighted by Crippen LogP contribution is -2.38. The van der Waals surface area contributed by atoms with E-state index in [4.69, 9.17) is 9.47 Å². The molecule has 128 valence electrons. The molecule has 0 aliphatic rings. The van der Waals surface area contributed by atoms with Crippen LogP contribution < -0.4 is 15.4 Å².